The van der Waals surface area contributed by atoms with Gasteiger partial charge < -0.3 is 19.5 Å². The summed E-state index contributed by atoms with van der Waals surface area (Å²) in [5.74, 6) is -0.0689. The zero-order valence-corrected chi connectivity index (χ0v) is 15.3. The summed E-state index contributed by atoms with van der Waals surface area (Å²) < 4.78 is 15.8. The predicted molar refractivity (Wildman–Crippen MR) is 96.9 cm³/mol. The van der Waals surface area contributed by atoms with Gasteiger partial charge in [-0.05, 0) is 18.2 Å². The number of anilines is 1. The highest BCUT2D eigenvalue weighted by Gasteiger charge is 2.33. The molecule has 0 saturated heterocycles. The molecule has 27 heavy (non-hydrogen) atoms. The van der Waals surface area contributed by atoms with E-state index < -0.39 is 11.8 Å². The van der Waals surface area contributed by atoms with Gasteiger partial charge in [0.2, 0.25) is 5.75 Å². The SMILES string of the molecule is COc1cc(NC(=O)c2ccc3c(c2)C(=O)N(C)C3=O)cc(OC)c1OC. The number of amides is 3. The van der Waals surface area contributed by atoms with Crippen LogP contribution in [-0.2, 0) is 0 Å². The lowest BCUT2D eigenvalue weighted by molar-refractivity contribution is 0.0693. The number of nitrogens with one attached hydrogen (secondary N) is 1. The van der Waals surface area contributed by atoms with E-state index in [9.17, 15) is 14.4 Å². The van der Waals surface area contributed by atoms with Gasteiger partial charge in [-0.1, -0.05) is 0 Å². The molecule has 0 atom stereocenters. The number of benzene rings is 2. The first-order valence-corrected chi connectivity index (χ1v) is 7.99. The molecule has 140 valence electrons. The van der Waals surface area contributed by atoms with Crippen molar-refractivity contribution in [2.24, 2.45) is 0 Å². The molecule has 2 aromatic carbocycles. The molecule has 0 fully saturated rings. The first-order valence-electron chi connectivity index (χ1n) is 7.99. The lowest BCUT2D eigenvalue weighted by Gasteiger charge is -2.14. The van der Waals surface area contributed by atoms with Gasteiger partial charge in [0, 0.05) is 30.4 Å². The lowest BCUT2D eigenvalue weighted by Crippen LogP contribution is -2.24. The number of methoxy groups -OCH3 is 3. The maximum atomic E-state index is 12.6. The van der Waals surface area contributed by atoms with Gasteiger partial charge in [-0.2, -0.15) is 0 Å². The minimum absolute atomic E-state index is 0.208. The Bertz CT molecular complexity index is 928. The van der Waals surface area contributed by atoms with E-state index in [1.165, 1.54) is 46.6 Å². The van der Waals surface area contributed by atoms with Crippen LogP contribution >= 0.6 is 0 Å². The van der Waals surface area contributed by atoms with Gasteiger partial charge in [0.05, 0.1) is 32.5 Å². The van der Waals surface area contributed by atoms with Crippen LogP contribution in [-0.4, -0.2) is 51.0 Å². The van der Waals surface area contributed by atoms with Crippen LogP contribution in [0.25, 0.3) is 0 Å². The molecule has 0 bridgehead atoms. The standard InChI is InChI=1S/C19H18N2O6/c1-21-18(23)12-6-5-10(7-13(12)19(21)24)17(22)20-11-8-14(25-2)16(27-4)15(9-11)26-3/h5-9H,1-4H3,(H,20,22). The van der Waals surface area contributed by atoms with Crippen molar-refractivity contribution in [3.63, 3.8) is 0 Å². The maximum absolute atomic E-state index is 12.6. The van der Waals surface area contributed by atoms with E-state index in [4.69, 9.17) is 14.2 Å². The molecular formula is C19H18N2O6. The van der Waals surface area contributed by atoms with E-state index in [2.05, 4.69) is 5.32 Å². The van der Waals surface area contributed by atoms with Crippen molar-refractivity contribution in [1.29, 1.82) is 0 Å². The van der Waals surface area contributed by atoms with E-state index in [0.717, 1.165) is 4.90 Å². The minimum atomic E-state index is -0.443. The van der Waals surface area contributed by atoms with Crippen LogP contribution in [0, 0.1) is 0 Å². The van der Waals surface area contributed by atoms with E-state index in [1.54, 1.807) is 12.1 Å². The molecule has 0 radical (unpaired) electrons. The van der Waals surface area contributed by atoms with E-state index in [1.807, 2.05) is 0 Å². The summed E-state index contributed by atoms with van der Waals surface area (Å²) in [6, 6.07) is 7.57. The number of nitrogens with zero attached hydrogens (tertiary/aromatic N) is 1. The number of hydrogen-bond acceptors (Lipinski definition) is 6. The van der Waals surface area contributed by atoms with Crippen molar-refractivity contribution < 1.29 is 28.6 Å². The first kappa shape index (κ1) is 18.2. The Balaban J connectivity index is 1.91. The molecule has 2 aromatic rings. The fourth-order valence-corrected chi connectivity index (χ4v) is 2.86. The summed E-state index contributed by atoms with van der Waals surface area (Å²) in [5.41, 5.74) is 1.17. The van der Waals surface area contributed by atoms with Crippen molar-refractivity contribution >= 4 is 23.4 Å². The highest BCUT2D eigenvalue weighted by atomic mass is 16.5. The van der Waals surface area contributed by atoms with Crippen LogP contribution in [0.5, 0.6) is 17.2 Å². The molecule has 3 amide bonds. The third-order valence-electron chi connectivity index (χ3n) is 4.27. The third kappa shape index (κ3) is 3.05. The second-order valence-corrected chi connectivity index (χ2v) is 5.80. The quantitative estimate of drug-likeness (QED) is 0.811. The second kappa shape index (κ2) is 6.99. The molecular weight excluding hydrogens is 352 g/mol. The maximum Gasteiger partial charge on any atom is 0.261 e. The Hall–Kier alpha value is -3.55. The van der Waals surface area contributed by atoms with Crippen LogP contribution in [0.4, 0.5) is 5.69 Å². The van der Waals surface area contributed by atoms with Crippen LogP contribution in [0.15, 0.2) is 30.3 Å². The van der Waals surface area contributed by atoms with Crippen molar-refractivity contribution in [3.05, 3.63) is 47.0 Å². The molecule has 3 rings (SSSR count). The van der Waals surface area contributed by atoms with E-state index in [0.29, 0.717) is 22.9 Å². The molecule has 1 aliphatic heterocycles. The van der Waals surface area contributed by atoms with Crippen molar-refractivity contribution in [2.75, 3.05) is 33.7 Å². The number of ether oxygens (including phenoxy) is 3. The first-order chi connectivity index (χ1) is 12.9. The minimum Gasteiger partial charge on any atom is -0.493 e. The highest BCUT2D eigenvalue weighted by molar-refractivity contribution is 6.22. The summed E-state index contributed by atoms with van der Waals surface area (Å²) in [7, 11) is 5.84. The van der Waals surface area contributed by atoms with Gasteiger partial charge in [-0.3, -0.25) is 19.3 Å². The van der Waals surface area contributed by atoms with Crippen molar-refractivity contribution in [1.82, 2.24) is 4.90 Å². The summed E-state index contributed by atoms with van der Waals surface area (Å²) in [6.45, 7) is 0. The Morgan fingerprint density at radius 1 is 0.889 bits per heavy atom. The van der Waals surface area contributed by atoms with Crippen LogP contribution < -0.4 is 19.5 Å². The Kier molecular flexibility index (Phi) is 4.72. The fraction of sp³-hybridized carbons (Fsp3) is 0.211. The third-order valence-corrected chi connectivity index (χ3v) is 4.27. The molecule has 0 aliphatic carbocycles. The summed E-state index contributed by atoms with van der Waals surface area (Å²) in [5, 5.41) is 2.72. The lowest BCUT2D eigenvalue weighted by atomic mass is 10.1. The number of hydrogen-bond donors (Lipinski definition) is 1. The summed E-state index contributed by atoms with van der Waals surface area (Å²) in [6.07, 6.45) is 0. The second-order valence-electron chi connectivity index (χ2n) is 5.80. The monoisotopic (exact) mass is 370 g/mol. The number of imide groups is 1. The van der Waals surface area contributed by atoms with Crippen LogP contribution in [0.3, 0.4) is 0 Å². The normalized spacial score (nSPS) is 12.7. The fourth-order valence-electron chi connectivity index (χ4n) is 2.86. The average Bonchev–Trinajstić information content (AvgIpc) is 2.90. The predicted octanol–water partition coefficient (Wildman–Crippen LogP) is 2.19. The number of carbonyl (C=O) groups excluding carboxylic acids is 3. The molecule has 8 nitrogen and oxygen atoms in total. The molecule has 1 heterocycles. The average molecular weight is 370 g/mol. The molecule has 1 N–H and O–H groups in total. The van der Waals surface area contributed by atoms with Gasteiger partial charge in [-0.15, -0.1) is 0 Å². The largest absolute Gasteiger partial charge is 0.493 e. The van der Waals surface area contributed by atoms with Crippen molar-refractivity contribution in [3.8, 4) is 17.2 Å². The van der Waals surface area contributed by atoms with Gasteiger partial charge in [0.1, 0.15) is 0 Å². The van der Waals surface area contributed by atoms with Crippen LogP contribution in [0.1, 0.15) is 31.1 Å². The van der Waals surface area contributed by atoms with Gasteiger partial charge >= 0.3 is 0 Å². The highest BCUT2D eigenvalue weighted by Crippen LogP contribution is 2.40. The summed E-state index contributed by atoms with van der Waals surface area (Å²) in [4.78, 5) is 37.7. The zero-order chi connectivity index (χ0) is 19.7. The number of carbonyl (C=O) groups is 3. The van der Waals surface area contributed by atoms with Gasteiger partial charge in [0.25, 0.3) is 17.7 Å². The summed E-state index contributed by atoms with van der Waals surface area (Å²) >= 11 is 0. The Labute approximate surface area is 155 Å². The molecule has 0 saturated carbocycles. The molecule has 0 unspecified atom stereocenters. The van der Waals surface area contributed by atoms with Crippen molar-refractivity contribution in [2.45, 2.75) is 0 Å². The molecule has 1 aliphatic rings. The molecule has 0 spiro atoms. The smallest absolute Gasteiger partial charge is 0.261 e. The molecule has 8 heteroatoms. The zero-order valence-electron chi connectivity index (χ0n) is 15.3. The number of rotatable bonds is 5. The topological polar surface area (TPSA) is 94.2 Å². The Morgan fingerprint density at radius 2 is 1.48 bits per heavy atom. The molecule has 0 aromatic heterocycles. The van der Waals surface area contributed by atoms with E-state index >= 15 is 0 Å². The van der Waals surface area contributed by atoms with E-state index in [-0.39, 0.29) is 22.6 Å². The van der Waals surface area contributed by atoms with Gasteiger partial charge in [-0.25, -0.2) is 0 Å². The van der Waals surface area contributed by atoms with Gasteiger partial charge in [0.15, 0.2) is 11.5 Å². The Morgan fingerprint density at radius 3 is 2.04 bits per heavy atom. The number of fused-ring (bicyclic) bond motifs is 1. The van der Waals surface area contributed by atoms with Crippen LogP contribution in [0.2, 0.25) is 0 Å².